The Balaban J connectivity index is 1.51. The van der Waals surface area contributed by atoms with Gasteiger partial charge in [-0.2, -0.15) is 4.31 Å². The SMILES string of the molecule is CCn1c(=O)oc2cc(S(=O)(=O)N3CCN(C(=O)c4ccc(F)c(Cl)c4)CC3)ccc21. The number of hydrogen-bond acceptors (Lipinski definition) is 5. The fourth-order valence-corrected chi connectivity index (χ4v) is 5.22. The molecule has 0 radical (unpaired) electrons. The van der Waals surface area contributed by atoms with E-state index in [4.69, 9.17) is 16.0 Å². The molecule has 164 valence electrons. The number of benzene rings is 2. The molecule has 8 nitrogen and oxygen atoms in total. The zero-order valence-corrected chi connectivity index (χ0v) is 18.1. The lowest BCUT2D eigenvalue weighted by Crippen LogP contribution is -2.50. The van der Waals surface area contributed by atoms with Gasteiger partial charge in [-0.15, -0.1) is 0 Å². The van der Waals surface area contributed by atoms with Crippen LogP contribution in [0.15, 0.2) is 50.5 Å². The monoisotopic (exact) mass is 467 g/mol. The van der Waals surface area contributed by atoms with Gasteiger partial charge in [-0.1, -0.05) is 11.6 Å². The Bertz CT molecular complexity index is 1330. The first-order chi connectivity index (χ1) is 14.7. The Hall–Kier alpha value is -2.69. The Morgan fingerprint density at radius 3 is 2.48 bits per heavy atom. The number of oxazole rings is 1. The van der Waals surface area contributed by atoms with Crippen LogP contribution in [0.2, 0.25) is 5.02 Å². The third-order valence-electron chi connectivity index (χ3n) is 5.29. The molecule has 4 rings (SSSR count). The molecule has 1 aliphatic heterocycles. The average molecular weight is 468 g/mol. The van der Waals surface area contributed by atoms with Crippen molar-refractivity contribution in [2.24, 2.45) is 0 Å². The van der Waals surface area contributed by atoms with E-state index in [1.165, 1.54) is 38.0 Å². The summed E-state index contributed by atoms with van der Waals surface area (Å²) in [4.78, 5) is 26.0. The molecule has 1 amide bonds. The van der Waals surface area contributed by atoms with Crippen LogP contribution in [0.5, 0.6) is 0 Å². The van der Waals surface area contributed by atoms with Gasteiger partial charge in [-0.05, 0) is 37.3 Å². The van der Waals surface area contributed by atoms with E-state index < -0.39 is 21.6 Å². The van der Waals surface area contributed by atoms with E-state index in [-0.39, 0.29) is 53.2 Å². The summed E-state index contributed by atoms with van der Waals surface area (Å²) >= 11 is 5.75. The van der Waals surface area contributed by atoms with Gasteiger partial charge in [-0.3, -0.25) is 9.36 Å². The highest BCUT2D eigenvalue weighted by Crippen LogP contribution is 2.23. The molecule has 0 N–H and O–H groups in total. The summed E-state index contributed by atoms with van der Waals surface area (Å²) in [5.74, 6) is -1.50. The Morgan fingerprint density at radius 2 is 1.84 bits per heavy atom. The number of rotatable bonds is 4. The zero-order chi connectivity index (χ0) is 22.3. The third kappa shape index (κ3) is 3.86. The van der Waals surface area contributed by atoms with Crippen LogP contribution in [-0.4, -0.2) is 54.3 Å². The van der Waals surface area contributed by atoms with Gasteiger partial charge in [0.05, 0.1) is 15.4 Å². The van der Waals surface area contributed by atoms with E-state index in [1.807, 2.05) is 0 Å². The number of aryl methyl sites for hydroxylation is 1. The highest BCUT2D eigenvalue weighted by Gasteiger charge is 2.31. The second kappa shape index (κ2) is 8.10. The summed E-state index contributed by atoms with van der Waals surface area (Å²) in [5, 5.41) is -0.147. The first kappa shape index (κ1) is 21.5. The van der Waals surface area contributed by atoms with Crippen molar-refractivity contribution in [1.82, 2.24) is 13.8 Å². The lowest BCUT2D eigenvalue weighted by molar-refractivity contribution is 0.0698. The minimum Gasteiger partial charge on any atom is -0.408 e. The van der Waals surface area contributed by atoms with Gasteiger partial charge in [0.2, 0.25) is 10.0 Å². The maximum absolute atomic E-state index is 13.3. The number of fused-ring (bicyclic) bond motifs is 1. The molecule has 2 heterocycles. The quantitative estimate of drug-likeness (QED) is 0.588. The molecule has 1 aliphatic rings. The van der Waals surface area contributed by atoms with Crippen molar-refractivity contribution >= 4 is 38.6 Å². The highest BCUT2D eigenvalue weighted by molar-refractivity contribution is 7.89. The third-order valence-corrected chi connectivity index (χ3v) is 7.47. The van der Waals surface area contributed by atoms with Crippen molar-refractivity contribution in [2.45, 2.75) is 18.4 Å². The summed E-state index contributed by atoms with van der Waals surface area (Å²) in [7, 11) is -3.84. The number of piperazine rings is 1. The number of carbonyl (C=O) groups excluding carboxylic acids is 1. The first-order valence-electron chi connectivity index (χ1n) is 9.60. The number of amides is 1. The molecule has 2 aromatic carbocycles. The maximum Gasteiger partial charge on any atom is 0.419 e. The number of sulfonamides is 1. The van der Waals surface area contributed by atoms with Gasteiger partial charge < -0.3 is 9.32 Å². The second-order valence-corrected chi connectivity index (χ2v) is 9.41. The summed E-state index contributed by atoms with van der Waals surface area (Å²) in [6, 6.07) is 8.06. The van der Waals surface area contributed by atoms with Crippen LogP contribution in [-0.2, 0) is 16.6 Å². The average Bonchev–Trinajstić information content (AvgIpc) is 3.09. The van der Waals surface area contributed by atoms with E-state index >= 15 is 0 Å². The molecule has 3 aromatic rings. The van der Waals surface area contributed by atoms with Crippen LogP contribution in [0, 0.1) is 5.82 Å². The molecular formula is C20H19ClFN3O5S. The second-order valence-electron chi connectivity index (χ2n) is 7.07. The van der Waals surface area contributed by atoms with E-state index in [1.54, 1.807) is 13.0 Å². The molecule has 0 bridgehead atoms. The van der Waals surface area contributed by atoms with Gasteiger partial charge >= 0.3 is 5.76 Å². The Kier molecular flexibility index (Phi) is 5.63. The minimum atomic E-state index is -3.84. The summed E-state index contributed by atoms with van der Waals surface area (Å²) < 4.78 is 47.3. The lowest BCUT2D eigenvalue weighted by Gasteiger charge is -2.34. The summed E-state index contributed by atoms with van der Waals surface area (Å²) in [5.41, 5.74) is 0.971. The van der Waals surface area contributed by atoms with Crippen molar-refractivity contribution in [3.63, 3.8) is 0 Å². The van der Waals surface area contributed by atoms with Crippen molar-refractivity contribution in [2.75, 3.05) is 26.2 Å². The molecule has 0 saturated carbocycles. The van der Waals surface area contributed by atoms with Crippen LogP contribution >= 0.6 is 11.6 Å². The van der Waals surface area contributed by atoms with Crippen molar-refractivity contribution in [3.05, 3.63) is 63.4 Å². The van der Waals surface area contributed by atoms with Crippen molar-refractivity contribution < 1.29 is 22.0 Å². The van der Waals surface area contributed by atoms with Crippen LogP contribution in [0.1, 0.15) is 17.3 Å². The topological polar surface area (TPSA) is 92.8 Å². The molecule has 1 saturated heterocycles. The molecule has 0 aliphatic carbocycles. The molecule has 0 unspecified atom stereocenters. The van der Waals surface area contributed by atoms with Crippen LogP contribution < -0.4 is 5.76 Å². The fraction of sp³-hybridized carbons (Fsp3) is 0.300. The largest absolute Gasteiger partial charge is 0.419 e. The van der Waals surface area contributed by atoms with E-state index in [0.717, 1.165) is 6.07 Å². The molecule has 0 spiro atoms. The van der Waals surface area contributed by atoms with E-state index in [9.17, 15) is 22.4 Å². The van der Waals surface area contributed by atoms with E-state index in [2.05, 4.69) is 0 Å². The Labute approximate surface area is 182 Å². The molecule has 31 heavy (non-hydrogen) atoms. The molecule has 11 heteroatoms. The van der Waals surface area contributed by atoms with E-state index in [0.29, 0.717) is 12.1 Å². The molecule has 1 aromatic heterocycles. The van der Waals surface area contributed by atoms with Crippen LogP contribution in [0.25, 0.3) is 11.1 Å². The summed E-state index contributed by atoms with van der Waals surface area (Å²) in [6.45, 7) is 2.75. The van der Waals surface area contributed by atoms with Crippen molar-refractivity contribution in [1.29, 1.82) is 0 Å². The van der Waals surface area contributed by atoms with Gasteiger partial charge in [0.1, 0.15) is 5.82 Å². The predicted molar refractivity (Wildman–Crippen MR) is 112 cm³/mol. The number of nitrogens with zero attached hydrogens (tertiary/aromatic N) is 3. The van der Waals surface area contributed by atoms with Crippen LogP contribution in [0.3, 0.4) is 0 Å². The standard InChI is InChI=1S/C20H19ClFN3O5S/c1-2-25-17-6-4-14(12-18(17)30-20(25)27)31(28,29)24-9-7-23(8-10-24)19(26)13-3-5-16(22)15(21)11-13/h3-6,11-12H,2,7-10H2,1H3. The first-order valence-corrected chi connectivity index (χ1v) is 11.4. The normalized spacial score (nSPS) is 15.5. The minimum absolute atomic E-state index is 0.0158. The van der Waals surface area contributed by atoms with Gasteiger partial charge in [0.25, 0.3) is 5.91 Å². The summed E-state index contributed by atoms with van der Waals surface area (Å²) in [6.07, 6.45) is 0. The number of hydrogen-bond donors (Lipinski definition) is 0. The predicted octanol–water partition coefficient (Wildman–Crippen LogP) is 2.55. The van der Waals surface area contributed by atoms with Crippen molar-refractivity contribution in [3.8, 4) is 0 Å². The van der Waals surface area contributed by atoms with Gasteiger partial charge in [0, 0.05) is 44.4 Å². The maximum atomic E-state index is 13.3. The molecule has 1 fully saturated rings. The molecule has 0 atom stereocenters. The highest BCUT2D eigenvalue weighted by atomic mass is 35.5. The molecular weight excluding hydrogens is 449 g/mol. The van der Waals surface area contributed by atoms with Gasteiger partial charge in [-0.25, -0.2) is 17.6 Å². The lowest BCUT2D eigenvalue weighted by atomic mass is 10.2. The number of carbonyl (C=O) groups is 1. The van der Waals surface area contributed by atoms with Gasteiger partial charge in [0.15, 0.2) is 5.58 Å². The number of halogens is 2. The zero-order valence-electron chi connectivity index (χ0n) is 16.5. The number of aromatic nitrogens is 1. The fourth-order valence-electron chi connectivity index (χ4n) is 3.60. The smallest absolute Gasteiger partial charge is 0.408 e. The van der Waals surface area contributed by atoms with Crippen LogP contribution in [0.4, 0.5) is 4.39 Å². The Morgan fingerprint density at radius 1 is 1.13 bits per heavy atom.